The van der Waals surface area contributed by atoms with Gasteiger partial charge in [0.25, 0.3) is 5.91 Å². The Bertz CT molecular complexity index is 339. The molecule has 0 aliphatic heterocycles. The van der Waals surface area contributed by atoms with Gasteiger partial charge in [0.05, 0.1) is 5.56 Å². The molecule has 0 spiro atoms. The highest BCUT2D eigenvalue weighted by Gasteiger charge is 2.14. The number of aryl methyl sites for hydroxylation is 2. The van der Waals surface area contributed by atoms with E-state index in [-0.39, 0.29) is 5.91 Å². The minimum absolute atomic E-state index is 0.0746. The number of carbonyl (C=O) groups excluding carboxylic acids is 1. The lowest BCUT2D eigenvalue weighted by Gasteiger charge is -2.14. The normalized spacial score (nSPS) is 10.7. The van der Waals surface area contributed by atoms with E-state index < -0.39 is 0 Å². The van der Waals surface area contributed by atoms with Crippen molar-refractivity contribution < 1.29 is 4.79 Å². The summed E-state index contributed by atoms with van der Waals surface area (Å²) in [6, 6.07) is 2.27. The van der Waals surface area contributed by atoms with Crippen LogP contribution in [-0.4, -0.2) is 11.9 Å². The topological polar surface area (TPSA) is 29.1 Å². The van der Waals surface area contributed by atoms with E-state index in [2.05, 4.69) is 19.2 Å². The van der Waals surface area contributed by atoms with Gasteiger partial charge in [-0.15, -0.1) is 11.3 Å². The molecular weight excluding hydrogens is 206 g/mol. The smallest absolute Gasteiger partial charge is 0.252 e. The lowest BCUT2D eigenvalue weighted by molar-refractivity contribution is 0.0934. The van der Waals surface area contributed by atoms with Gasteiger partial charge < -0.3 is 5.32 Å². The first-order valence-electron chi connectivity index (χ1n) is 5.46. The second-order valence-electron chi connectivity index (χ2n) is 3.81. The zero-order valence-electron chi connectivity index (χ0n) is 9.89. The molecule has 1 aromatic rings. The number of hydrogen-bond donors (Lipinski definition) is 1. The fraction of sp³-hybridized carbons (Fsp3) is 0.583. The van der Waals surface area contributed by atoms with Crippen LogP contribution in [0.25, 0.3) is 0 Å². The minimum atomic E-state index is 0.0746. The lowest BCUT2D eigenvalue weighted by atomic mass is 10.1. The molecular formula is C12H19NOS. The summed E-state index contributed by atoms with van der Waals surface area (Å²) >= 11 is 1.68. The fourth-order valence-electron chi connectivity index (χ4n) is 1.61. The van der Waals surface area contributed by atoms with E-state index in [1.54, 1.807) is 11.3 Å². The molecule has 0 aliphatic carbocycles. The number of thiophene rings is 1. The molecule has 0 aliphatic rings. The second-order valence-corrected chi connectivity index (χ2v) is 5.27. The van der Waals surface area contributed by atoms with E-state index in [0.29, 0.717) is 6.04 Å². The average Bonchev–Trinajstić information content (AvgIpc) is 2.54. The molecule has 0 unspecified atom stereocenters. The third-order valence-corrected chi connectivity index (χ3v) is 3.57. The molecule has 3 heteroatoms. The Hall–Kier alpha value is -0.830. The lowest BCUT2D eigenvalue weighted by Crippen LogP contribution is -2.33. The summed E-state index contributed by atoms with van der Waals surface area (Å²) in [5, 5.41) is 3.05. The van der Waals surface area contributed by atoms with Crippen LogP contribution < -0.4 is 5.32 Å². The van der Waals surface area contributed by atoms with Gasteiger partial charge in [-0.3, -0.25) is 4.79 Å². The van der Waals surface area contributed by atoms with Crippen molar-refractivity contribution in [2.75, 3.05) is 0 Å². The Morgan fingerprint density at radius 2 is 2.00 bits per heavy atom. The Labute approximate surface area is 95.7 Å². The standard InChI is InChI=1S/C12H19NOS/c1-5-10(6-2)13-12(14)11-7-8(3)15-9(11)4/h7,10H,5-6H2,1-4H3,(H,13,14). The molecule has 1 aromatic heterocycles. The Morgan fingerprint density at radius 1 is 1.40 bits per heavy atom. The van der Waals surface area contributed by atoms with Crippen molar-refractivity contribution in [3.05, 3.63) is 21.4 Å². The van der Waals surface area contributed by atoms with Crippen LogP contribution >= 0.6 is 11.3 Å². The van der Waals surface area contributed by atoms with Gasteiger partial charge in [-0.25, -0.2) is 0 Å². The van der Waals surface area contributed by atoms with E-state index in [0.717, 1.165) is 23.3 Å². The van der Waals surface area contributed by atoms with Gasteiger partial charge in [0.15, 0.2) is 0 Å². The van der Waals surface area contributed by atoms with Crippen molar-refractivity contribution in [2.45, 2.75) is 46.6 Å². The first-order valence-corrected chi connectivity index (χ1v) is 6.28. The number of nitrogens with one attached hydrogen (secondary N) is 1. The van der Waals surface area contributed by atoms with Crippen LogP contribution in [0, 0.1) is 13.8 Å². The molecule has 2 nitrogen and oxygen atoms in total. The molecule has 1 N–H and O–H groups in total. The van der Waals surface area contributed by atoms with E-state index in [9.17, 15) is 4.79 Å². The van der Waals surface area contributed by atoms with Gasteiger partial charge >= 0.3 is 0 Å². The van der Waals surface area contributed by atoms with E-state index in [1.165, 1.54) is 4.88 Å². The molecule has 1 rings (SSSR count). The zero-order valence-corrected chi connectivity index (χ0v) is 10.7. The molecule has 0 radical (unpaired) electrons. The largest absolute Gasteiger partial charge is 0.349 e. The maximum absolute atomic E-state index is 11.9. The maximum atomic E-state index is 11.9. The summed E-state index contributed by atoms with van der Waals surface area (Å²) < 4.78 is 0. The van der Waals surface area contributed by atoms with E-state index in [1.807, 2.05) is 19.9 Å². The van der Waals surface area contributed by atoms with Crippen molar-refractivity contribution in [1.29, 1.82) is 0 Å². The number of rotatable bonds is 4. The van der Waals surface area contributed by atoms with Crippen LogP contribution in [0.15, 0.2) is 6.07 Å². The molecule has 84 valence electrons. The fourth-order valence-corrected chi connectivity index (χ4v) is 2.53. The number of amides is 1. The summed E-state index contributed by atoms with van der Waals surface area (Å²) in [4.78, 5) is 14.2. The Balaban J connectivity index is 2.72. The van der Waals surface area contributed by atoms with Crippen molar-refractivity contribution in [2.24, 2.45) is 0 Å². The third-order valence-electron chi connectivity index (χ3n) is 2.61. The summed E-state index contributed by atoms with van der Waals surface area (Å²) in [5.41, 5.74) is 0.837. The van der Waals surface area contributed by atoms with Crippen LogP contribution in [0.2, 0.25) is 0 Å². The third kappa shape index (κ3) is 3.06. The van der Waals surface area contributed by atoms with E-state index in [4.69, 9.17) is 0 Å². The van der Waals surface area contributed by atoms with Crippen molar-refractivity contribution in [3.8, 4) is 0 Å². The molecule has 0 aromatic carbocycles. The molecule has 0 atom stereocenters. The van der Waals surface area contributed by atoms with Gasteiger partial charge in [0, 0.05) is 15.8 Å². The molecule has 0 saturated carbocycles. The van der Waals surface area contributed by atoms with Crippen molar-refractivity contribution >= 4 is 17.2 Å². The van der Waals surface area contributed by atoms with Gasteiger partial charge in [-0.1, -0.05) is 13.8 Å². The predicted molar refractivity (Wildman–Crippen MR) is 65.6 cm³/mol. The van der Waals surface area contributed by atoms with Crippen LogP contribution in [-0.2, 0) is 0 Å². The summed E-state index contributed by atoms with van der Waals surface area (Å²) in [5.74, 6) is 0.0746. The van der Waals surface area contributed by atoms with Gasteiger partial charge in [-0.2, -0.15) is 0 Å². The quantitative estimate of drug-likeness (QED) is 0.837. The second kappa shape index (κ2) is 5.31. The zero-order chi connectivity index (χ0) is 11.4. The number of carbonyl (C=O) groups is 1. The first kappa shape index (κ1) is 12.2. The summed E-state index contributed by atoms with van der Waals surface area (Å²) in [6.45, 7) is 8.23. The molecule has 15 heavy (non-hydrogen) atoms. The first-order chi connectivity index (χ1) is 7.08. The van der Waals surface area contributed by atoms with Crippen molar-refractivity contribution in [3.63, 3.8) is 0 Å². The van der Waals surface area contributed by atoms with Gasteiger partial charge in [-0.05, 0) is 32.8 Å². The highest BCUT2D eigenvalue weighted by molar-refractivity contribution is 7.12. The summed E-state index contributed by atoms with van der Waals surface area (Å²) in [7, 11) is 0. The number of hydrogen-bond acceptors (Lipinski definition) is 2. The summed E-state index contributed by atoms with van der Waals surface area (Å²) in [6.07, 6.45) is 1.98. The molecule has 0 bridgehead atoms. The SMILES string of the molecule is CCC(CC)NC(=O)c1cc(C)sc1C. The van der Waals surface area contributed by atoms with Crippen LogP contribution in [0.4, 0.5) is 0 Å². The predicted octanol–water partition coefficient (Wildman–Crippen LogP) is 3.28. The highest BCUT2D eigenvalue weighted by Crippen LogP contribution is 2.20. The molecule has 1 amide bonds. The highest BCUT2D eigenvalue weighted by atomic mass is 32.1. The average molecular weight is 225 g/mol. The van der Waals surface area contributed by atoms with Crippen molar-refractivity contribution in [1.82, 2.24) is 5.32 Å². The van der Waals surface area contributed by atoms with Gasteiger partial charge in [0.1, 0.15) is 0 Å². The maximum Gasteiger partial charge on any atom is 0.252 e. The minimum Gasteiger partial charge on any atom is -0.349 e. The molecule has 0 fully saturated rings. The van der Waals surface area contributed by atoms with Crippen LogP contribution in [0.3, 0.4) is 0 Å². The van der Waals surface area contributed by atoms with E-state index >= 15 is 0 Å². The van der Waals surface area contributed by atoms with Crippen LogP contribution in [0.1, 0.15) is 46.8 Å². The van der Waals surface area contributed by atoms with Crippen LogP contribution in [0.5, 0.6) is 0 Å². The molecule has 1 heterocycles. The Kier molecular flexibility index (Phi) is 4.33. The Morgan fingerprint density at radius 3 is 2.40 bits per heavy atom. The molecule has 0 saturated heterocycles. The van der Waals surface area contributed by atoms with Gasteiger partial charge in [0.2, 0.25) is 0 Å². The monoisotopic (exact) mass is 225 g/mol.